The highest BCUT2D eigenvalue weighted by atomic mass is 79.9. The van der Waals surface area contributed by atoms with Crippen LogP contribution in [0.1, 0.15) is 12.8 Å². The molecule has 1 atom stereocenters. The van der Waals surface area contributed by atoms with E-state index in [1.165, 1.54) is 4.31 Å². The Kier molecular flexibility index (Phi) is 4.92. The van der Waals surface area contributed by atoms with Crippen molar-refractivity contribution in [2.24, 2.45) is 0 Å². The molecule has 1 unspecified atom stereocenters. The summed E-state index contributed by atoms with van der Waals surface area (Å²) in [5.41, 5.74) is 0. The molecule has 0 aliphatic carbocycles. The van der Waals surface area contributed by atoms with Crippen LogP contribution in [0.4, 0.5) is 0 Å². The van der Waals surface area contributed by atoms with Crippen molar-refractivity contribution in [2.45, 2.75) is 24.2 Å². The van der Waals surface area contributed by atoms with Crippen LogP contribution in [0.3, 0.4) is 0 Å². The van der Waals surface area contributed by atoms with E-state index in [-0.39, 0.29) is 30.5 Å². The first-order valence-corrected chi connectivity index (χ1v) is 10.7. The lowest BCUT2D eigenvalue weighted by atomic mass is 10.2. The molecule has 0 spiro atoms. The van der Waals surface area contributed by atoms with Crippen molar-refractivity contribution < 1.29 is 21.6 Å². The number of alkyl halides is 1. The molecule has 0 amide bonds. The molecule has 2 fully saturated rings. The van der Waals surface area contributed by atoms with Gasteiger partial charge in [0.2, 0.25) is 10.0 Å². The van der Waals surface area contributed by atoms with E-state index in [1.807, 2.05) is 0 Å². The minimum atomic E-state index is -3.41. The van der Waals surface area contributed by atoms with Gasteiger partial charge in [-0.25, -0.2) is 16.8 Å². The molecular formula is C10H18BrNO5S2. The molecule has 2 heterocycles. The predicted octanol–water partition coefficient (Wildman–Crippen LogP) is -0.0109. The summed E-state index contributed by atoms with van der Waals surface area (Å²) in [5.74, 6) is -0.0494. The summed E-state index contributed by atoms with van der Waals surface area (Å²) >= 11 is 3.29. The molecule has 0 radical (unpaired) electrons. The summed E-state index contributed by atoms with van der Waals surface area (Å²) in [6, 6.07) is 0. The van der Waals surface area contributed by atoms with Crippen LogP contribution in [0.25, 0.3) is 0 Å². The number of sulfone groups is 1. The first kappa shape index (κ1) is 15.7. The molecule has 0 N–H and O–H groups in total. The van der Waals surface area contributed by atoms with Gasteiger partial charge in [0.05, 0.1) is 29.5 Å². The van der Waals surface area contributed by atoms with Gasteiger partial charge in [-0.15, -0.1) is 0 Å². The normalized spacial score (nSPS) is 30.3. The molecule has 0 aromatic carbocycles. The molecule has 0 saturated carbocycles. The van der Waals surface area contributed by atoms with Crippen LogP contribution in [-0.4, -0.2) is 69.0 Å². The second kappa shape index (κ2) is 5.97. The van der Waals surface area contributed by atoms with E-state index in [0.29, 0.717) is 25.0 Å². The van der Waals surface area contributed by atoms with Gasteiger partial charge in [-0.05, 0) is 12.8 Å². The van der Waals surface area contributed by atoms with Crippen LogP contribution in [0.5, 0.6) is 0 Å². The van der Waals surface area contributed by atoms with Gasteiger partial charge in [-0.1, -0.05) is 15.9 Å². The topological polar surface area (TPSA) is 80.8 Å². The van der Waals surface area contributed by atoms with Crippen LogP contribution in [-0.2, 0) is 24.6 Å². The van der Waals surface area contributed by atoms with Crippen LogP contribution in [0, 0.1) is 0 Å². The summed E-state index contributed by atoms with van der Waals surface area (Å²) in [6.45, 7) is 1.09. The Morgan fingerprint density at radius 3 is 2.47 bits per heavy atom. The van der Waals surface area contributed by atoms with Gasteiger partial charge < -0.3 is 4.74 Å². The number of rotatable bonds is 3. The maximum Gasteiger partial charge on any atom is 0.217 e. The van der Waals surface area contributed by atoms with Crippen LogP contribution < -0.4 is 0 Å². The maximum atomic E-state index is 12.5. The molecule has 19 heavy (non-hydrogen) atoms. The number of morpholine rings is 1. The van der Waals surface area contributed by atoms with Gasteiger partial charge in [0, 0.05) is 18.4 Å². The van der Waals surface area contributed by atoms with Crippen LogP contribution in [0.2, 0.25) is 0 Å². The van der Waals surface area contributed by atoms with Gasteiger partial charge in [-0.3, -0.25) is 0 Å². The summed E-state index contributed by atoms with van der Waals surface area (Å²) in [5, 5.41) is 0.0306. The fraction of sp³-hybridized carbons (Fsp3) is 1.00. The molecule has 6 nitrogen and oxygen atoms in total. The van der Waals surface area contributed by atoms with E-state index >= 15 is 0 Å². The number of hydrogen-bond donors (Lipinski definition) is 0. The third-order valence-corrected chi connectivity index (χ3v) is 8.36. The third-order valence-electron chi connectivity index (χ3n) is 3.56. The zero-order valence-electron chi connectivity index (χ0n) is 10.5. The lowest BCUT2D eigenvalue weighted by molar-refractivity contribution is 0.0133. The highest BCUT2D eigenvalue weighted by molar-refractivity contribution is 9.09. The summed E-state index contributed by atoms with van der Waals surface area (Å²) < 4.78 is 54.5. The summed E-state index contributed by atoms with van der Waals surface area (Å²) in [6.07, 6.45) is 0.290. The molecule has 2 aliphatic rings. The Hall–Kier alpha value is 0.300. The van der Waals surface area contributed by atoms with Crippen LogP contribution in [0.15, 0.2) is 0 Å². The van der Waals surface area contributed by atoms with E-state index in [4.69, 9.17) is 4.74 Å². The Balaban J connectivity index is 2.06. The van der Waals surface area contributed by atoms with Gasteiger partial charge in [-0.2, -0.15) is 4.31 Å². The van der Waals surface area contributed by atoms with E-state index in [0.717, 1.165) is 0 Å². The van der Waals surface area contributed by atoms with Crippen LogP contribution >= 0.6 is 15.9 Å². The second-order valence-corrected chi connectivity index (χ2v) is 10.1. The fourth-order valence-electron chi connectivity index (χ4n) is 2.39. The number of nitrogens with zero attached hydrogens (tertiary/aromatic N) is 1. The quantitative estimate of drug-likeness (QED) is 0.648. The largest absolute Gasteiger partial charge is 0.375 e. The molecule has 0 aromatic rings. The zero-order valence-corrected chi connectivity index (χ0v) is 13.7. The Morgan fingerprint density at radius 1 is 1.26 bits per heavy atom. The number of sulfonamides is 1. The lowest BCUT2D eigenvalue weighted by Crippen LogP contribution is -2.50. The van der Waals surface area contributed by atoms with Crippen molar-refractivity contribution in [3.63, 3.8) is 0 Å². The van der Waals surface area contributed by atoms with E-state index in [2.05, 4.69) is 15.9 Å². The fourth-order valence-corrected chi connectivity index (χ4v) is 6.53. The summed E-state index contributed by atoms with van der Waals surface area (Å²) in [7, 11) is -6.45. The monoisotopic (exact) mass is 375 g/mol. The van der Waals surface area contributed by atoms with Crippen molar-refractivity contribution in [3.05, 3.63) is 0 Å². The molecule has 2 rings (SSSR count). The van der Waals surface area contributed by atoms with Gasteiger partial charge in [0.25, 0.3) is 0 Å². The van der Waals surface area contributed by atoms with Crippen molar-refractivity contribution in [1.29, 1.82) is 0 Å². The molecule has 2 saturated heterocycles. The van der Waals surface area contributed by atoms with Crippen molar-refractivity contribution in [2.75, 3.05) is 36.5 Å². The predicted molar refractivity (Wildman–Crippen MR) is 75.7 cm³/mol. The minimum absolute atomic E-state index is 0.0247. The number of hydrogen-bond acceptors (Lipinski definition) is 5. The van der Waals surface area contributed by atoms with E-state index in [9.17, 15) is 16.8 Å². The van der Waals surface area contributed by atoms with E-state index < -0.39 is 25.1 Å². The first-order valence-electron chi connectivity index (χ1n) is 6.22. The number of halogens is 1. The minimum Gasteiger partial charge on any atom is -0.375 e. The molecular weight excluding hydrogens is 358 g/mol. The third kappa shape index (κ3) is 3.69. The highest BCUT2D eigenvalue weighted by Gasteiger charge is 2.38. The average molecular weight is 376 g/mol. The smallest absolute Gasteiger partial charge is 0.217 e. The standard InChI is InChI=1S/C10H18BrNO5S2/c11-7-9-8-12(3-4-17-9)19(15,16)10-1-5-18(13,14)6-2-10/h9-10H,1-8H2. The molecule has 0 aromatic heterocycles. The van der Waals surface area contributed by atoms with Crippen molar-refractivity contribution in [1.82, 2.24) is 4.31 Å². The van der Waals surface area contributed by atoms with Crippen molar-refractivity contribution in [3.8, 4) is 0 Å². The Bertz CT molecular complexity index is 504. The highest BCUT2D eigenvalue weighted by Crippen LogP contribution is 2.24. The van der Waals surface area contributed by atoms with Gasteiger partial charge >= 0.3 is 0 Å². The average Bonchev–Trinajstić information content (AvgIpc) is 2.38. The van der Waals surface area contributed by atoms with E-state index in [1.54, 1.807) is 0 Å². The maximum absolute atomic E-state index is 12.5. The first-order chi connectivity index (χ1) is 8.85. The van der Waals surface area contributed by atoms with Crippen molar-refractivity contribution >= 4 is 35.8 Å². The zero-order chi connectivity index (χ0) is 14.1. The molecule has 2 aliphatic heterocycles. The Labute approximate surface area is 122 Å². The van der Waals surface area contributed by atoms with Gasteiger partial charge in [0.15, 0.2) is 0 Å². The molecule has 9 heteroatoms. The SMILES string of the molecule is O=S1(=O)CCC(S(=O)(=O)N2CCOC(CBr)C2)CC1. The molecule has 112 valence electrons. The number of ether oxygens (including phenoxy) is 1. The second-order valence-electron chi connectivity index (χ2n) is 4.90. The summed E-state index contributed by atoms with van der Waals surface area (Å²) in [4.78, 5) is 0. The van der Waals surface area contributed by atoms with Gasteiger partial charge in [0.1, 0.15) is 9.84 Å². The molecule has 0 bridgehead atoms. The Morgan fingerprint density at radius 2 is 1.89 bits per heavy atom. The lowest BCUT2D eigenvalue weighted by Gasteiger charge is -2.34.